The van der Waals surface area contributed by atoms with Crippen LogP contribution in [-0.4, -0.2) is 20.9 Å². The van der Waals surface area contributed by atoms with Gasteiger partial charge >= 0.3 is 0 Å². The first-order valence-corrected chi connectivity index (χ1v) is 10.1. The molecule has 0 spiro atoms. The predicted molar refractivity (Wildman–Crippen MR) is 116 cm³/mol. The molecule has 6 heteroatoms. The Morgan fingerprint density at radius 1 is 0.862 bits per heavy atom. The molecule has 4 rings (SSSR count). The SMILES string of the molecule is O=C(Nc1ccc(SCc2cccnc2)cc1)c1cnc(-c2ccccc2)nc1. The lowest BCUT2D eigenvalue weighted by Crippen LogP contribution is -2.12. The maximum absolute atomic E-state index is 12.5. The third-order valence-corrected chi connectivity index (χ3v) is 5.27. The van der Waals surface area contributed by atoms with Crippen molar-refractivity contribution in [3.63, 3.8) is 0 Å². The van der Waals surface area contributed by atoms with Gasteiger partial charge in [0.25, 0.3) is 5.91 Å². The fourth-order valence-electron chi connectivity index (χ4n) is 2.67. The Bertz CT molecular complexity index is 1070. The molecule has 142 valence electrons. The minimum Gasteiger partial charge on any atom is -0.322 e. The Morgan fingerprint density at radius 3 is 2.31 bits per heavy atom. The van der Waals surface area contributed by atoms with Crippen LogP contribution in [0, 0.1) is 0 Å². The van der Waals surface area contributed by atoms with Crippen LogP contribution in [0.1, 0.15) is 15.9 Å². The van der Waals surface area contributed by atoms with Gasteiger partial charge in [0.05, 0.1) is 5.56 Å². The van der Waals surface area contributed by atoms with Gasteiger partial charge in [-0.15, -0.1) is 11.8 Å². The number of nitrogens with zero attached hydrogens (tertiary/aromatic N) is 3. The Kier molecular flexibility index (Phi) is 5.92. The predicted octanol–water partition coefficient (Wildman–Crippen LogP) is 5.08. The Morgan fingerprint density at radius 2 is 1.62 bits per heavy atom. The molecule has 0 fully saturated rings. The molecule has 0 aliphatic rings. The van der Waals surface area contributed by atoms with Gasteiger partial charge in [0.15, 0.2) is 5.82 Å². The molecule has 0 saturated carbocycles. The zero-order valence-electron chi connectivity index (χ0n) is 15.5. The van der Waals surface area contributed by atoms with Crippen LogP contribution in [0.4, 0.5) is 5.69 Å². The summed E-state index contributed by atoms with van der Waals surface area (Å²) in [6.07, 6.45) is 6.73. The summed E-state index contributed by atoms with van der Waals surface area (Å²) < 4.78 is 0. The summed E-state index contributed by atoms with van der Waals surface area (Å²) in [7, 11) is 0. The second kappa shape index (κ2) is 9.12. The number of pyridine rings is 1. The lowest BCUT2D eigenvalue weighted by molar-refractivity contribution is 0.102. The number of benzene rings is 2. The van der Waals surface area contributed by atoms with E-state index < -0.39 is 0 Å². The summed E-state index contributed by atoms with van der Waals surface area (Å²) in [4.78, 5) is 26.3. The molecule has 0 radical (unpaired) electrons. The molecular weight excluding hydrogens is 380 g/mol. The summed E-state index contributed by atoms with van der Waals surface area (Å²) in [6.45, 7) is 0. The average Bonchev–Trinajstić information content (AvgIpc) is 2.80. The Balaban J connectivity index is 1.35. The molecule has 0 saturated heterocycles. The van der Waals surface area contributed by atoms with Crippen molar-refractivity contribution in [2.45, 2.75) is 10.6 Å². The van der Waals surface area contributed by atoms with E-state index in [0.717, 1.165) is 21.9 Å². The summed E-state index contributed by atoms with van der Waals surface area (Å²) >= 11 is 1.72. The van der Waals surface area contributed by atoms with E-state index in [2.05, 4.69) is 26.3 Å². The van der Waals surface area contributed by atoms with Crippen molar-refractivity contribution in [2.24, 2.45) is 0 Å². The van der Waals surface area contributed by atoms with Crippen LogP contribution in [0.15, 0.2) is 96.4 Å². The van der Waals surface area contributed by atoms with Gasteiger partial charge in [0.2, 0.25) is 0 Å². The smallest absolute Gasteiger partial charge is 0.258 e. The molecule has 4 aromatic rings. The Hall–Kier alpha value is -3.51. The van der Waals surface area contributed by atoms with Gasteiger partial charge in [-0.2, -0.15) is 0 Å². The van der Waals surface area contributed by atoms with Crippen molar-refractivity contribution in [3.05, 3.63) is 103 Å². The topological polar surface area (TPSA) is 67.8 Å². The van der Waals surface area contributed by atoms with E-state index >= 15 is 0 Å². The minimum atomic E-state index is -0.236. The van der Waals surface area contributed by atoms with Crippen molar-refractivity contribution in [2.75, 3.05) is 5.32 Å². The molecule has 5 nitrogen and oxygen atoms in total. The van der Waals surface area contributed by atoms with E-state index in [1.54, 1.807) is 30.4 Å². The first kappa shape index (κ1) is 18.8. The first-order chi connectivity index (χ1) is 14.3. The van der Waals surface area contributed by atoms with Crippen LogP contribution >= 0.6 is 11.8 Å². The quantitative estimate of drug-likeness (QED) is 0.459. The lowest BCUT2D eigenvalue weighted by Gasteiger charge is -2.07. The zero-order chi connectivity index (χ0) is 19.9. The van der Waals surface area contributed by atoms with E-state index in [0.29, 0.717) is 11.4 Å². The van der Waals surface area contributed by atoms with E-state index in [1.807, 2.05) is 66.9 Å². The summed E-state index contributed by atoms with van der Waals surface area (Å²) in [5.41, 5.74) is 3.24. The molecular formula is C23H18N4OS. The van der Waals surface area contributed by atoms with Gasteiger partial charge in [-0.25, -0.2) is 9.97 Å². The van der Waals surface area contributed by atoms with Crippen molar-refractivity contribution in [1.82, 2.24) is 15.0 Å². The molecule has 2 aromatic heterocycles. The highest BCUT2D eigenvalue weighted by molar-refractivity contribution is 7.98. The molecule has 0 aliphatic heterocycles. The minimum absolute atomic E-state index is 0.236. The standard InChI is InChI=1S/C23H18N4OS/c28-23(19-14-25-22(26-15-19)18-6-2-1-3-7-18)27-20-8-10-21(11-9-20)29-16-17-5-4-12-24-13-17/h1-15H,16H2,(H,27,28). The Labute approximate surface area is 173 Å². The van der Waals surface area contributed by atoms with Crippen molar-refractivity contribution in [1.29, 1.82) is 0 Å². The molecule has 1 N–H and O–H groups in total. The average molecular weight is 398 g/mol. The molecule has 2 heterocycles. The number of nitrogens with one attached hydrogen (secondary N) is 1. The van der Waals surface area contributed by atoms with Crippen molar-refractivity contribution >= 4 is 23.4 Å². The van der Waals surface area contributed by atoms with Crippen LogP contribution in [0.5, 0.6) is 0 Å². The first-order valence-electron chi connectivity index (χ1n) is 9.08. The van der Waals surface area contributed by atoms with E-state index in [-0.39, 0.29) is 5.91 Å². The van der Waals surface area contributed by atoms with Crippen LogP contribution in [-0.2, 0) is 5.75 Å². The molecule has 0 unspecified atom stereocenters. The number of amides is 1. The van der Waals surface area contributed by atoms with Gasteiger partial charge in [0.1, 0.15) is 0 Å². The highest BCUT2D eigenvalue weighted by Gasteiger charge is 2.09. The second-order valence-electron chi connectivity index (χ2n) is 6.29. The molecule has 0 aliphatic carbocycles. The third-order valence-electron chi connectivity index (χ3n) is 4.19. The number of carbonyl (C=O) groups excluding carboxylic acids is 1. The summed E-state index contributed by atoms with van der Waals surface area (Å²) in [5.74, 6) is 1.21. The normalized spacial score (nSPS) is 10.5. The van der Waals surface area contributed by atoms with Gasteiger partial charge in [-0.3, -0.25) is 9.78 Å². The van der Waals surface area contributed by atoms with Crippen molar-refractivity contribution < 1.29 is 4.79 Å². The molecule has 1 amide bonds. The fraction of sp³-hybridized carbons (Fsp3) is 0.0435. The largest absolute Gasteiger partial charge is 0.322 e. The number of hydrogen-bond acceptors (Lipinski definition) is 5. The monoisotopic (exact) mass is 398 g/mol. The summed E-state index contributed by atoms with van der Waals surface area (Å²) in [6, 6.07) is 21.4. The maximum Gasteiger partial charge on any atom is 0.258 e. The molecule has 29 heavy (non-hydrogen) atoms. The number of aromatic nitrogens is 3. The lowest BCUT2D eigenvalue weighted by atomic mass is 10.2. The fourth-order valence-corrected chi connectivity index (χ4v) is 3.50. The highest BCUT2D eigenvalue weighted by Crippen LogP contribution is 2.24. The zero-order valence-corrected chi connectivity index (χ0v) is 16.3. The number of carbonyl (C=O) groups is 1. The van der Waals surface area contributed by atoms with Crippen LogP contribution in [0.2, 0.25) is 0 Å². The van der Waals surface area contributed by atoms with Crippen molar-refractivity contribution in [3.8, 4) is 11.4 Å². The molecule has 0 atom stereocenters. The van der Waals surface area contributed by atoms with E-state index in [9.17, 15) is 4.79 Å². The number of anilines is 1. The molecule has 2 aromatic carbocycles. The molecule has 0 bridgehead atoms. The number of rotatable bonds is 6. The van der Waals surface area contributed by atoms with Gasteiger partial charge in [0, 0.05) is 46.7 Å². The van der Waals surface area contributed by atoms with Crippen LogP contribution in [0.3, 0.4) is 0 Å². The van der Waals surface area contributed by atoms with Crippen LogP contribution in [0.25, 0.3) is 11.4 Å². The number of hydrogen-bond donors (Lipinski definition) is 1. The van der Waals surface area contributed by atoms with Gasteiger partial charge < -0.3 is 5.32 Å². The third kappa shape index (κ3) is 5.06. The number of thioether (sulfide) groups is 1. The highest BCUT2D eigenvalue weighted by atomic mass is 32.2. The van der Waals surface area contributed by atoms with Gasteiger partial charge in [-0.05, 0) is 35.9 Å². The van der Waals surface area contributed by atoms with E-state index in [4.69, 9.17) is 0 Å². The van der Waals surface area contributed by atoms with Crippen LogP contribution < -0.4 is 5.32 Å². The summed E-state index contributed by atoms with van der Waals surface area (Å²) in [5, 5.41) is 2.88. The maximum atomic E-state index is 12.5. The second-order valence-corrected chi connectivity index (χ2v) is 7.34. The van der Waals surface area contributed by atoms with Gasteiger partial charge in [-0.1, -0.05) is 36.4 Å². The van der Waals surface area contributed by atoms with E-state index in [1.165, 1.54) is 5.56 Å².